The van der Waals surface area contributed by atoms with Gasteiger partial charge >= 0.3 is 0 Å². The third kappa shape index (κ3) is 2.85. The highest BCUT2D eigenvalue weighted by Gasteiger charge is 2.22. The fraction of sp³-hybridized carbons (Fsp3) is 0.0714. The Balaban J connectivity index is 2.40. The van der Waals surface area contributed by atoms with Crippen molar-refractivity contribution in [2.24, 2.45) is 0 Å². The van der Waals surface area contributed by atoms with Crippen molar-refractivity contribution < 1.29 is 9.72 Å². The second-order valence-corrected chi connectivity index (χ2v) is 5.01. The van der Waals surface area contributed by atoms with Gasteiger partial charge in [0.2, 0.25) is 0 Å². The number of anilines is 1. The molecule has 0 fully saturated rings. The molecule has 6 heteroatoms. The van der Waals surface area contributed by atoms with Crippen molar-refractivity contribution in [3.8, 4) is 0 Å². The molecule has 2 aromatic rings. The summed E-state index contributed by atoms with van der Waals surface area (Å²) in [4.78, 5) is 22.7. The summed E-state index contributed by atoms with van der Waals surface area (Å²) in [5, 5.41) is 13.7. The number of hydrogen-bond acceptors (Lipinski definition) is 3. The minimum absolute atomic E-state index is 0.0771. The SMILES string of the molecule is Cc1cccc([N+](=O)[O-])c1C(=O)Nc1ccccc1Br. The summed E-state index contributed by atoms with van der Waals surface area (Å²) >= 11 is 3.31. The fourth-order valence-corrected chi connectivity index (χ4v) is 2.23. The normalized spacial score (nSPS) is 10.1. The van der Waals surface area contributed by atoms with Crippen LogP contribution in [0.25, 0.3) is 0 Å². The number of aryl methyl sites for hydroxylation is 1. The summed E-state index contributed by atoms with van der Waals surface area (Å²) in [6.45, 7) is 1.67. The first-order valence-electron chi connectivity index (χ1n) is 5.80. The van der Waals surface area contributed by atoms with Gasteiger partial charge in [-0.3, -0.25) is 14.9 Å². The smallest absolute Gasteiger partial charge is 0.282 e. The molecule has 0 aliphatic rings. The van der Waals surface area contributed by atoms with Crippen LogP contribution in [-0.4, -0.2) is 10.8 Å². The number of nitrogens with zero attached hydrogens (tertiary/aromatic N) is 1. The van der Waals surface area contributed by atoms with E-state index in [1.807, 2.05) is 6.07 Å². The number of rotatable bonds is 3. The Labute approximate surface area is 123 Å². The predicted octanol–water partition coefficient (Wildman–Crippen LogP) is 3.92. The van der Waals surface area contributed by atoms with Gasteiger partial charge in [0.1, 0.15) is 5.56 Å². The maximum Gasteiger partial charge on any atom is 0.282 e. The maximum absolute atomic E-state index is 12.3. The lowest BCUT2D eigenvalue weighted by Crippen LogP contribution is -2.15. The second-order valence-electron chi connectivity index (χ2n) is 4.16. The van der Waals surface area contributed by atoms with Crippen LogP contribution in [0.15, 0.2) is 46.9 Å². The van der Waals surface area contributed by atoms with Crippen LogP contribution in [0.5, 0.6) is 0 Å². The molecule has 2 rings (SSSR count). The van der Waals surface area contributed by atoms with Gasteiger partial charge in [0.05, 0.1) is 10.6 Å². The van der Waals surface area contributed by atoms with E-state index in [1.165, 1.54) is 6.07 Å². The average Bonchev–Trinajstić information content (AvgIpc) is 2.40. The molecule has 0 radical (unpaired) electrons. The van der Waals surface area contributed by atoms with Gasteiger partial charge in [-0.2, -0.15) is 0 Å². The third-order valence-corrected chi connectivity index (χ3v) is 3.49. The lowest BCUT2D eigenvalue weighted by atomic mass is 10.1. The Morgan fingerprint density at radius 3 is 2.55 bits per heavy atom. The van der Waals surface area contributed by atoms with Crippen LogP contribution in [0.3, 0.4) is 0 Å². The van der Waals surface area contributed by atoms with Crippen LogP contribution < -0.4 is 5.32 Å². The number of nitro groups is 1. The van der Waals surface area contributed by atoms with Crippen molar-refractivity contribution in [2.75, 3.05) is 5.32 Å². The van der Waals surface area contributed by atoms with E-state index in [2.05, 4.69) is 21.2 Å². The molecule has 1 N–H and O–H groups in total. The van der Waals surface area contributed by atoms with Crippen molar-refractivity contribution >= 4 is 33.2 Å². The number of benzene rings is 2. The van der Waals surface area contributed by atoms with Gasteiger partial charge in [0.15, 0.2) is 0 Å². The van der Waals surface area contributed by atoms with Crippen LogP contribution in [0.2, 0.25) is 0 Å². The summed E-state index contributed by atoms with van der Waals surface area (Å²) in [6, 6.07) is 11.6. The molecule has 0 aromatic heterocycles. The maximum atomic E-state index is 12.3. The lowest BCUT2D eigenvalue weighted by Gasteiger charge is -2.09. The van der Waals surface area contributed by atoms with Gasteiger partial charge in [-0.15, -0.1) is 0 Å². The number of hydrogen-bond donors (Lipinski definition) is 1. The van der Waals surface area contributed by atoms with Gasteiger partial charge in [-0.25, -0.2) is 0 Å². The molecular formula is C14H11BrN2O3. The van der Waals surface area contributed by atoms with Crippen LogP contribution >= 0.6 is 15.9 Å². The summed E-state index contributed by atoms with van der Waals surface area (Å²) in [6.07, 6.45) is 0. The van der Waals surface area contributed by atoms with E-state index in [-0.39, 0.29) is 11.3 Å². The van der Waals surface area contributed by atoms with Crippen molar-refractivity contribution in [1.82, 2.24) is 0 Å². The number of carbonyl (C=O) groups excluding carboxylic acids is 1. The lowest BCUT2D eigenvalue weighted by molar-refractivity contribution is -0.385. The van der Waals surface area contributed by atoms with Gasteiger partial charge in [0, 0.05) is 10.5 Å². The van der Waals surface area contributed by atoms with E-state index in [9.17, 15) is 14.9 Å². The van der Waals surface area contributed by atoms with Crippen molar-refractivity contribution in [3.63, 3.8) is 0 Å². The Kier molecular flexibility index (Phi) is 4.14. The van der Waals surface area contributed by atoms with E-state index in [0.29, 0.717) is 15.7 Å². The van der Waals surface area contributed by atoms with Crippen molar-refractivity contribution in [1.29, 1.82) is 0 Å². The highest BCUT2D eigenvalue weighted by atomic mass is 79.9. The highest BCUT2D eigenvalue weighted by Crippen LogP contribution is 2.26. The fourth-order valence-electron chi connectivity index (χ4n) is 1.85. The average molecular weight is 335 g/mol. The molecule has 0 spiro atoms. The van der Waals surface area contributed by atoms with E-state index >= 15 is 0 Å². The third-order valence-electron chi connectivity index (χ3n) is 2.80. The summed E-state index contributed by atoms with van der Waals surface area (Å²) in [5.74, 6) is -0.498. The first-order chi connectivity index (χ1) is 9.50. The summed E-state index contributed by atoms with van der Waals surface area (Å²) in [7, 11) is 0. The summed E-state index contributed by atoms with van der Waals surface area (Å²) in [5.41, 5.74) is 1.00. The highest BCUT2D eigenvalue weighted by molar-refractivity contribution is 9.10. The molecule has 5 nitrogen and oxygen atoms in total. The number of carbonyl (C=O) groups is 1. The minimum atomic E-state index is -0.554. The van der Waals surface area contributed by atoms with Crippen LogP contribution in [0, 0.1) is 17.0 Å². The van der Waals surface area contributed by atoms with Gasteiger partial charge in [-0.1, -0.05) is 24.3 Å². The Bertz CT molecular complexity index is 686. The monoisotopic (exact) mass is 334 g/mol. The number of para-hydroxylation sites is 1. The Morgan fingerprint density at radius 1 is 1.20 bits per heavy atom. The van der Waals surface area contributed by atoms with Crippen LogP contribution in [0.4, 0.5) is 11.4 Å². The molecule has 0 aliphatic carbocycles. The van der Waals surface area contributed by atoms with Crippen LogP contribution in [-0.2, 0) is 0 Å². The largest absolute Gasteiger partial charge is 0.321 e. The number of halogens is 1. The van der Waals surface area contributed by atoms with Crippen molar-refractivity contribution in [2.45, 2.75) is 6.92 Å². The molecule has 20 heavy (non-hydrogen) atoms. The molecule has 102 valence electrons. The topological polar surface area (TPSA) is 72.2 Å². The molecule has 2 aromatic carbocycles. The van der Waals surface area contributed by atoms with Gasteiger partial charge in [0.25, 0.3) is 11.6 Å². The molecule has 0 aliphatic heterocycles. The minimum Gasteiger partial charge on any atom is -0.321 e. The standard InChI is InChI=1S/C14H11BrN2O3/c1-9-5-4-8-12(17(19)20)13(9)14(18)16-11-7-3-2-6-10(11)15/h2-8H,1H3,(H,16,18). The molecule has 0 saturated carbocycles. The first-order valence-corrected chi connectivity index (χ1v) is 6.60. The van der Waals surface area contributed by atoms with E-state index in [4.69, 9.17) is 0 Å². The second kappa shape index (κ2) is 5.83. The zero-order valence-electron chi connectivity index (χ0n) is 10.6. The summed E-state index contributed by atoms with van der Waals surface area (Å²) < 4.78 is 0.713. The zero-order valence-corrected chi connectivity index (χ0v) is 12.2. The molecule has 0 saturated heterocycles. The Hall–Kier alpha value is -2.21. The van der Waals surface area contributed by atoms with E-state index < -0.39 is 10.8 Å². The van der Waals surface area contributed by atoms with Crippen LogP contribution in [0.1, 0.15) is 15.9 Å². The van der Waals surface area contributed by atoms with Gasteiger partial charge < -0.3 is 5.32 Å². The molecular weight excluding hydrogens is 324 g/mol. The van der Waals surface area contributed by atoms with E-state index in [1.54, 1.807) is 37.3 Å². The van der Waals surface area contributed by atoms with Crippen molar-refractivity contribution in [3.05, 3.63) is 68.2 Å². The molecule has 0 heterocycles. The van der Waals surface area contributed by atoms with E-state index in [0.717, 1.165) is 0 Å². The number of nitrogens with one attached hydrogen (secondary N) is 1. The number of amides is 1. The molecule has 0 unspecified atom stereocenters. The molecule has 1 amide bonds. The quantitative estimate of drug-likeness (QED) is 0.683. The van der Waals surface area contributed by atoms with Gasteiger partial charge in [-0.05, 0) is 40.5 Å². The Morgan fingerprint density at radius 2 is 1.90 bits per heavy atom. The molecule has 0 atom stereocenters. The zero-order chi connectivity index (χ0) is 14.7. The number of nitro benzene ring substituents is 1. The molecule has 0 bridgehead atoms. The predicted molar refractivity (Wildman–Crippen MR) is 79.9 cm³/mol. The first kappa shape index (κ1) is 14.2.